The molecule has 1 aliphatic carbocycles. The molecule has 2 unspecified atom stereocenters. The summed E-state index contributed by atoms with van der Waals surface area (Å²) in [7, 11) is 0. The van der Waals surface area contributed by atoms with Gasteiger partial charge < -0.3 is 5.11 Å². The molecule has 0 bridgehead atoms. The molecular formula is C18H22O3. The molecule has 112 valence electrons. The number of hydrogen-bond acceptors (Lipinski definition) is 2. The van der Waals surface area contributed by atoms with Crippen LogP contribution in [0.3, 0.4) is 0 Å². The molecule has 1 saturated carbocycles. The number of ketones is 1. The molecule has 2 atom stereocenters. The number of Topliss-reactive ketones (excluding diaryl/α,β-unsaturated/α-hetero) is 1. The zero-order valence-electron chi connectivity index (χ0n) is 12.6. The highest BCUT2D eigenvalue weighted by molar-refractivity contribution is 5.82. The number of aryl methyl sites for hydroxylation is 1. The van der Waals surface area contributed by atoms with Crippen LogP contribution in [0, 0.1) is 12.8 Å². The highest BCUT2D eigenvalue weighted by Crippen LogP contribution is 2.45. The number of carboxylic acids is 1. The van der Waals surface area contributed by atoms with Gasteiger partial charge in [-0.2, -0.15) is 0 Å². The van der Waals surface area contributed by atoms with E-state index in [2.05, 4.69) is 19.1 Å². The maximum Gasteiger partial charge on any atom is 0.328 e. The molecule has 1 fully saturated rings. The van der Waals surface area contributed by atoms with Crippen molar-refractivity contribution < 1.29 is 14.7 Å². The Hall–Kier alpha value is -1.90. The summed E-state index contributed by atoms with van der Waals surface area (Å²) >= 11 is 0. The Kier molecular flexibility index (Phi) is 4.61. The van der Waals surface area contributed by atoms with Crippen molar-refractivity contribution in [2.75, 3.05) is 0 Å². The number of carboxylic acid groups (broad SMARTS) is 1. The van der Waals surface area contributed by atoms with Crippen LogP contribution in [0.1, 0.15) is 43.7 Å². The lowest BCUT2D eigenvalue weighted by molar-refractivity contribution is -0.131. The van der Waals surface area contributed by atoms with Gasteiger partial charge in [0.25, 0.3) is 0 Å². The molecule has 0 aliphatic heterocycles. The van der Waals surface area contributed by atoms with Gasteiger partial charge in [0.05, 0.1) is 0 Å². The summed E-state index contributed by atoms with van der Waals surface area (Å²) in [6.45, 7) is 4.11. The number of rotatable bonds is 4. The van der Waals surface area contributed by atoms with Gasteiger partial charge in [-0.25, -0.2) is 4.79 Å². The monoisotopic (exact) mass is 286 g/mol. The van der Waals surface area contributed by atoms with Gasteiger partial charge in [-0.3, -0.25) is 4.79 Å². The average Bonchev–Trinajstić information content (AvgIpc) is 2.46. The van der Waals surface area contributed by atoms with Gasteiger partial charge in [-0.15, -0.1) is 0 Å². The predicted octanol–water partition coefficient (Wildman–Crippen LogP) is 3.65. The fourth-order valence-electron chi connectivity index (χ4n) is 3.47. The lowest BCUT2D eigenvalue weighted by Crippen LogP contribution is -2.39. The standard InChI is InChI=1S/C18H22O3/c1-3-14-12-16(19)7-9-18(14,10-8-17(20)21)15-6-4-5-13(2)11-15/h4-6,8,10-11,14H,3,7,9,12H2,1-2H3,(H,20,21). The second-order valence-corrected chi connectivity index (χ2v) is 5.93. The lowest BCUT2D eigenvalue weighted by Gasteiger charge is -2.42. The van der Waals surface area contributed by atoms with Crippen molar-refractivity contribution in [3.8, 4) is 0 Å². The van der Waals surface area contributed by atoms with Crippen molar-refractivity contribution in [3.05, 3.63) is 47.5 Å². The summed E-state index contributed by atoms with van der Waals surface area (Å²) in [4.78, 5) is 22.8. The summed E-state index contributed by atoms with van der Waals surface area (Å²) in [5.74, 6) is -0.487. The molecule has 0 radical (unpaired) electrons. The summed E-state index contributed by atoms with van der Waals surface area (Å²) in [5, 5.41) is 9.02. The zero-order chi connectivity index (χ0) is 15.5. The molecule has 3 heteroatoms. The van der Waals surface area contributed by atoms with Crippen LogP contribution in [0.5, 0.6) is 0 Å². The molecule has 1 aromatic carbocycles. The maximum absolute atomic E-state index is 11.8. The van der Waals surface area contributed by atoms with E-state index in [-0.39, 0.29) is 17.1 Å². The van der Waals surface area contributed by atoms with E-state index < -0.39 is 5.97 Å². The van der Waals surface area contributed by atoms with Gasteiger partial charge in [0.2, 0.25) is 0 Å². The largest absolute Gasteiger partial charge is 0.478 e. The number of carbonyl (C=O) groups excluding carboxylic acids is 1. The van der Waals surface area contributed by atoms with Crippen LogP contribution in [-0.2, 0) is 15.0 Å². The highest BCUT2D eigenvalue weighted by atomic mass is 16.4. The van der Waals surface area contributed by atoms with Crippen molar-refractivity contribution in [1.82, 2.24) is 0 Å². The third-order valence-corrected chi connectivity index (χ3v) is 4.59. The molecular weight excluding hydrogens is 264 g/mol. The van der Waals surface area contributed by atoms with Gasteiger partial charge >= 0.3 is 5.97 Å². The second-order valence-electron chi connectivity index (χ2n) is 5.93. The third-order valence-electron chi connectivity index (χ3n) is 4.59. The molecule has 1 aliphatic rings. The Morgan fingerprint density at radius 3 is 2.86 bits per heavy atom. The molecule has 0 spiro atoms. The second kappa shape index (κ2) is 6.25. The van der Waals surface area contributed by atoms with Crippen LogP contribution in [0.25, 0.3) is 0 Å². The van der Waals surface area contributed by atoms with Gasteiger partial charge in [-0.05, 0) is 24.8 Å². The summed E-state index contributed by atoms with van der Waals surface area (Å²) in [6, 6.07) is 8.21. The molecule has 21 heavy (non-hydrogen) atoms. The fraction of sp³-hybridized carbons (Fsp3) is 0.444. The minimum Gasteiger partial charge on any atom is -0.478 e. The van der Waals surface area contributed by atoms with E-state index in [4.69, 9.17) is 5.11 Å². The average molecular weight is 286 g/mol. The van der Waals surface area contributed by atoms with Crippen LogP contribution in [0.15, 0.2) is 36.4 Å². The van der Waals surface area contributed by atoms with Crippen LogP contribution < -0.4 is 0 Å². The minimum atomic E-state index is -0.936. The first-order valence-corrected chi connectivity index (χ1v) is 7.49. The number of carbonyl (C=O) groups is 2. The smallest absolute Gasteiger partial charge is 0.328 e. The topological polar surface area (TPSA) is 54.4 Å². The van der Waals surface area contributed by atoms with Gasteiger partial charge in [0.15, 0.2) is 0 Å². The Bertz CT molecular complexity index is 574. The van der Waals surface area contributed by atoms with Crippen LogP contribution in [-0.4, -0.2) is 16.9 Å². The van der Waals surface area contributed by atoms with E-state index in [0.717, 1.165) is 17.5 Å². The molecule has 2 rings (SSSR count). The minimum absolute atomic E-state index is 0.163. The lowest BCUT2D eigenvalue weighted by atomic mass is 9.61. The SMILES string of the molecule is CCC1CC(=O)CCC1(C=CC(=O)O)c1cccc(C)c1. The van der Waals surface area contributed by atoms with Crippen molar-refractivity contribution in [2.24, 2.45) is 5.92 Å². The first-order chi connectivity index (χ1) is 9.98. The quantitative estimate of drug-likeness (QED) is 0.859. The maximum atomic E-state index is 11.8. The van der Waals surface area contributed by atoms with E-state index in [1.165, 1.54) is 6.08 Å². The summed E-state index contributed by atoms with van der Waals surface area (Å²) in [6.07, 6.45) is 5.66. The summed E-state index contributed by atoms with van der Waals surface area (Å²) < 4.78 is 0. The van der Waals surface area contributed by atoms with Gasteiger partial charge in [0, 0.05) is 24.3 Å². The van der Waals surface area contributed by atoms with Crippen molar-refractivity contribution in [2.45, 2.75) is 44.9 Å². The van der Waals surface area contributed by atoms with E-state index in [0.29, 0.717) is 19.3 Å². The van der Waals surface area contributed by atoms with Crippen LogP contribution in [0.4, 0.5) is 0 Å². The molecule has 1 N–H and O–H groups in total. The normalized spacial score (nSPS) is 26.2. The van der Waals surface area contributed by atoms with E-state index >= 15 is 0 Å². The molecule has 0 aromatic heterocycles. The van der Waals surface area contributed by atoms with Crippen molar-refractivity contribution in [1.29, 1.82) is 0 Å². The summed E-state index contributed by atoms with van der Waals surface area (Å²) in [5.41, 5.74) is 1.94. The van der Waals surface area contributed by atoms with E-state index in [1.807, 2.05) is 25.1 Å². The molecule has 1 aromatic rings. The third kappa shape index (κ3) is 3.23. The molecule has 0 amide bonds. The Balaban J connectivity index is 2.53. The van der Waals surface area contributed by atoms with Gasteiger partial charge in [-0.1, -0.05) is 49.2 Å². The number of aliphatic carboxylic acids is 1. The molecule has 3 nitrogen and oxygen atoms in total. The first kappa shape index (κ1) is 15.5. The Labute approximate surface area is 125 Å². The Morgan fingerprint density at radius 2 is 2.24 bits per heavy atom. The van der Waals surface area contributed by atoms with Crippen LogP contribution >= 0.6 is 0 Å². The van der Waals surface area contributed by atoms with E-state index in [1.54, 1.807) is 0 Å². The van der Waals surface area contributed by atoms with E-state index in [9.17, 15) is 9.59 Å². The van der Waals surface area contributed by atoms with Crippen LogP contribution in [0.2, 0.25) is 0 Å². The zero-order valence-corrected chi connectivity index (χ0v) is 12.6. The molecule has 0 heterocycles. The fourth-order valence-corrected chi connectivity index (χ4v) is 3.47. The highest BCUT2D eigenvalue weighted by Gasteiger charge is 2.41. The molecule has 0 saturated heterocycles. The number of hydrogen-bond donors (Lipinski definition) is 1. The van der Waals surface area contributed by atoms with Crippen molar-refractivity contribution >= 4 is 11.8 Å². The van der Waals surface area contributed by atoms with Gasteiger partial charge in [0.1, 0.15) is 5.78 Å². The predicted molar refractivity (Wildman–Crippen MR) is 82.3 cm³/mol. The van der Waals surface area contributed by atoms with Crippen molar-refractivity contribution in [3.63, 3.8) is 0 Å². The first-order valence-electron chi connectivity index (χ1n) is 7.49. The number of allylic oxidation sites excluding steroid dienone is 1. The number of benzene rings is 1. The Morgan fingerprint density at radius 1 is 1.48 bits per heavy atom.